The molecule has 0 atom stereocenters. The summed E-state index contributed by atoms with van der Waals surface area (Å²) in [5.74, 6) is 2.14. The molecule has 0 amide bonds. The molecular formula is C15H21Cl2NO. The van der Waals surface area contributed by atoms with E-state index in [9.17, 15) is 0 Å². The predicted molar refractivity (Wildman–Crippen MR) is 81.8 cm³/mol. The van der Waals surface area contributed by atoms with Gasteiger partial charge in [-0.25, -0.2) is 0 Å². The average Bonchev–Trinajstić information content (AvgIpc) is 2.92. The van der Waals surface area contributed by atoms with Crippen molar-refractivity contribution in [2.45, 2.75) is 31.7 Å². The summed E-state index contributed by atoms with van der Waals surface area (Å²) >= 11 is 12.0. The number of ether oxygens (including phenoxy) is 1. The topological polar surface area (TPSA) is 21.3 Å². The fourth-order valence-electron chi connectivity index (χ4n) is 2.31. The molecule has 1 heterocycles. The molecule has 0 aromatic heterocycles. The maximum absolute atomic E-state index is 6.02. The van der Waals surface area contributed by atoms with E-state index in [2.05, 4.69) is 30.4 Å². The highest BCUT2D eigenvalue weighted by Crippen LogP contribution is 2.26. The summed E-state index contributed by atoms with van der Waals surface area (Å²) < 4.78 is 5.51. The van der Waals surface area contributed by atoms with Crippen molar-refractivity contribution in [3.8, 4) is 5.75 Å². The Kier molecular flexibility index (Phi) is 5.37. The van der Waals surface area contributed by atoms with Crippen LogP contribution < -0.4 is 10.1 Å². The monoisotopic (exact) mass is 301 g/mol. The number of nitrogens with one attached hydrogen (secondary N) is 1. The van der Waals surface area contributed by atoms with Gasteiger partial charge in [0.25, 0.3) is 0 Å². The van der Waals surface area contributed by atoms with E-state index in [0.29, 0.717) is 11.8 Å². The van der Waals surface area contributed by atoms with Crippen LogP contribution in [0, 0.1) is 0 Å². The molecule has 0 saturated heterocycles. The van der Waals surface area contributed by atoms with E-state index in [-0.39, 0.29) is 5.54 Å². The molecule has 0 fully saturated rings. The predicted octanol–water partition coefficient (Wildman–Crippen LogP) is 3.38. The highest BCUT2D eigenvalue weighted by molar-refractivity contribution is 6.22. The first-order valence-electron chi connectivity index (χ1n) is 6.84. The van der Waals surface area contributed by atoms with Gasteiger partial charge in [-0.05, 0) is 36.6 Å². The van der Waals surface area contributed by atoms with Crippen molar-refractivity contribution in [3.63, 3.8) is 0 Å². The van der Waals surface area contributed by atoms with Crippen molar-refractivity contribution < 1.29 is 4.74 Å². The van der Waals surface area contributed by atoms with Gasteiger partial charge in [0.2, 0.25) is 0 Å². The molecule has 19 heavy (non-hydrogen) atoms. The Balaban J connectivity index is 1.89. The van der Waals surface area contributed by atoms with Gasteiger partial charge >= 0.3 is 0 Å². The van der Waals surface area contributed by atoms with Crippen molar-refractivity contribution in [1.82, 2.24) is 5.32 Å². The Labute approximate surface area is 125 Å². The van der Waals surface area contributed by atoms with Crippen LogP contribution in [0.3, 0.4) is 0 Å². The molecule has 2 nitrogen and oxygen atoms in total. The summed E-state index contributed by atoms with van der Waals surface area (Å²) in [4.78, 5) is 0. The van der Waals surface area contributed by atoms with Crippen LogP contribution in [0.15, 0.2) is 18.2 Å². The van der Waals surface area contributed by atoms with Crippen LogP contribution in [0.2, 0.25) is 0 Å². The summed E-state index contributed by atoms with van der Waals surface area (Å²) in [6, 6.07) is 6.47. The smallest absolute Gasteiger partial charge is 0.122 e. The molecule has 1 N–H and O–H groups in total. The van der Waals surface area contributed by atoms with Gasteiger partial charge in [-0.15, -0.1) is 23.2 Å². The quantitative estimate of drug-likeness (QED) is 0.780. The van der Waals surface area contributed by atoms with E-state index >= 15 is 0 Å². The van der Waals surface area contributed by atoms with Crippen molar-refractivity contribution in [2.24, 2.45) is 0 Å². The fourth-order valence-corrected chi connectivity index (χ4v) is 3.16. The summed E-state index contributed by atoms with van der Waals surface area (Å²) in [5, 5.41) is 3.50. The Hall–Kier alpha value is -0.440. The lowest BCUT2D eigenvalue weighted by atomic mass is 10.0. The molecular weight excluding hydrogens is 281 g/mol. The fraction of sp³-hybridized carbons (Fsp3) is 0.600. The molecule has 106 valence electrons. The van der Waals surface area contributed by atoms with Crippen LogP contribution in [-0.2, 0) is 12.8 Å². The molecule has 2 rings (SSSR count). The Morgan fingerprint density at radius 2 is 2.11 bits per heavy atom. The third kappa shape index (κ3) is 3.56. The second kappa shape index (κ2) is 6.83. The highest BCUT2D eigenvalue weighted by atomic mass is 35.5. The summed E-state index contributed by atoms with van der Waals surface area (Å²) in [5.41, 5.74) is 2.53. The number of fused-ring (bicyclic) bond motifs is 1. The molecule has 1 aliphatic rings. The van der Waals surface area contributed by atoms with E-state index in [1.807, 2.05) is 0 Å². The number of hydrogen-bond acceptors (Lipinski definition) is 2. The van der Waals surface area contributed by atoms with E-state index in [1.54, 1.807) is 0 Å². The van der Waals surface area contributed by atoms with Gasteiger partial charge in [0.15, 0.2) is 0 Å². The number of halogens is 2. The van der Waals surface area contributed by atoms with Gasteiger partial charge in [-0.3, -0.25) is 0 Å². The summed E-state index contributed by atoms with van der Waals surface area (Å²) in [6.45, 7) is 3.83. The maximum atomic E-state index is 6.02. The van der Waals surface area contributed by atoms with Crippen LogP contribution in [0.1, 0.15) is 24.5 Å². The van der Waals surface area contributed by atoms with E-state index in [4.69, 9.17) is 27.9 Å². The molecule has 0 aliphatic carbocycles. The number of hydrogen-bond donors (Lipinski definition) is 1. The zero-order valence-corrected chi connectivity index (χ0v) is 12.9. The molecule has 0 spiro atoms. The minimum Gasteiger partial charge on any atom is -0.493 e. The molecule has 1 aromatic rings. The number of rotatable bonds is 7. The molecule has 1 aromatic carbocycles. The number of alkyl halides is 2. The van der Waals surface area contributed by atoms with Gasteiger partial charge in [-0.2, -0.15) is 0 Å². The van der Waals surface area contributed by atoms with Gasteiger partial charge in [0.05, 0.1) is 6.61 Å². The van der Waals surface area contributed by atoms with Crippen LogP contribution in [0.4, 0.5) is 0 Å². The SMILES string of the molecule is CCC(CCl)(CCl)NCCc1ccc2c(c1)CCO2. The molecule has 4 heteroatoms. The second-order valence-corrected chi connectivity index (χ2v) is 5.65. The van der Waals surface area contributed by atoms with Crippen molar-refractivity contribution in [3.05, 3.63) is 29.3 Å². The summed E-state index contributed by atoms with van der Waals surface area (Å²) in [7, 11) is 0. The average molecular weight is 302 g/mol. The summed E-state index contributed by atoms with van der Waals surface area (Å²) in [6.07, 6.45) is 2.96. The molecule has 0 saturated carbocycles. The van der Waals surface area contributed by atoms with Crippen LogP contribution in [-0.4, -0.2) is 30.5 Å². The zero-order valence-electron chi connectivity index (χ0n) is 11.3. The molecule has 0 radical (unpaired) electrons. The molecule has 0 unspecified atom stereocenters. The highest BCUT2D eigenvalue weighted by Gasteiger charge is 2.25. The Bertz CT molecular complexity index is 410. The van der Waals surface area contributed by atoms with Gasteiger partial charge in [0, 0.05) is 23.7 Å². The lowest BCUT2D eigenvalue weighted by Gasteiger charge is -2.29. The third-order valence-corrected chi connectivity index (χ3v) is 4.88. The van der Waals surface area contributed by atoms with E-state index < -0.39 is 0 Å². The van der Waals surface area contributed by atoms with Crippen molar-refractivity contribution in [2.75, 3.05) is 24.9 Å². The van der Waals surface area contributed by atoms with Crippen LogP contribution in [0.25, 0.3) is 0 Å². The zero-order chi connectivity index (χ0) is 13.7. The van der Waals surface area contributed by atoms with Crippen molar-refractivity contribution in [1.29, 1.82) is 0 Å². The second-order valence-electron chi connectivity index (χ2n) is 5.12. The first-order valence-corrected chi connectivity index (χ1v) is 7.91. The van der Waals surface area contributed by atoms with Gasteiger partial charge in [-0.1, -0.05) is 19.1 Å². The van der Waals surface area contributed by atoms with E-state index in [0.717, 1.165) is 38.2 Å². The maximum Gasteiger partial charge on any atom is 0.122 e. The Morgan fingerprint density at radius 3 is 2.79 bits per heavy atom. The largest absolute Gasteiger partial charge is 0.493 e. The Morgan fingerprint density at radius 1 is 1.32 bits per heavy atom. The molecule has 0 bridgehead atoms. The first-order chi connectivity index (χ1) is 9.23. The van der Waals surface area contributed by atoms with Gasteiger partial charge < -0.3 is 10.1 Å². The van der Waals surface area contributed by atoms with Crippen LogP contribution >= 0.6 is 23.2 Å². The molecule has 1 aliphatic heterocycles. The first kappa shape index (κ1) is 15.0. The van der Waals surface area contributed by atoms with Crippen LogP contribution in [0.5, 0.6) is 5.75 Å². The lowest BCUT2D eigenvalue weighted by Crippen LogP contribution is -2.49. The lowest BCUT2D eigenvalue weighted by molar-refractivity contribution is 0.356. The van der Waals surface area contributed by atoms with E-state index in [1.165, 1.54) is 11.1 Å². The minimum absolute atomic E-state index is 0.136. The third-order valence-electron chi connectivity index (χ3n) is 3.86. The minimum atomic E-state index is -0.136. The number of benzene rings is 1. The standard InChI is InChI=1S/C15H21Cl2NO/c1-2-15(10-16,11-17)18-7-5-12-3-4-14-13(9-12)6-8-19-14/h3-4,9,18H,2,5-8,10-11H2,1H3. The van der Waals surface area contributed by atoms with Crippen molar-refractivity contribution >= 4 is 23.2 Å². The van der Waals surface area contributed by atoms with Gasteiger partial charge in [0.1, 0.15) is 5.75 Å². The normalized spacial score (nSPS) is 14.3.